The van der Waals surface area contributed by atoms with Crippen LogP contribution >= 0.6 is 11.3 Å². The van der Waals surface area contributed by atoms with Gasteiger partial charge in [0.2, 0.25) is 0 Å². The van der Waals surface area contributed by atoms with Gasteiger partial charge in [0, 0.05) is 18.1 Å². The molecule has 0 spiro atoms. The third-order valence-corrected chi connectivity index (χ3v) is 3.16. The molecule has 1 aromatic heterocycles. The Balaban J connectivity index is 1.82. The fourth-order valence-electron chi connectivity index (χ4n) is 1.41. The minimum Gasteiger partial charge on any atom is -0.381 e. The molecule has 0 aliphatic rings. The molecule has 0 amide bonds. The lowest BCUT2D eigenvalue weighted by atomic mass is 10.2. The molecule has 0 radical (unpaired) electrons. The van der Waals surface area contributed by atoms with Crippen molar-refractivity contribution in [3.05, 3.63) is 22.4 Å². The van der Waals surface area contributed by atoms with Crippen molar-refractivity contribution < 1.29 is 4.74 Å². The maximum absolute atomic E-state index is 5.51. The highest BCUT2D eigenvalue weighted by molar-refractivity contribution is 7.09. The number of ether oxygens (including phenoxy) is 1. The van der Waals surface area contributed by atoms with Crippen molar-refractivity contribution in [3.8, 4) is 0 Å². The lowest BCUT2D eigenvalue weighted by Gasteiger charge is -2.07. The first kappa shape index (κ1) is 13.7. The molecule has 0 bridgehead atoms. The van der Waals surface area contributed by atoms with Gasteiger partial charge in [-0.15, -0.1) is 11.3 Å². The fraction of sp³-hybridized carbons (Fsp3) is 0.692. The number of thiophene rings is 1. The van der Waals surface area contributed by atoms with E-state index in [0.717, 1.165) is 39.1 Å². The zero-order valence-corrected chi connectivity index (χ0v) is 11.2. The van der Waals surface area contributed by atoms with Gasteiger partial charge in [0.15, 0.2) is 0 Å². The summed E-state index contributed by atoms with van der Waals surface area (Å²) < 4.78 is 5.51. The van der Waals surface area contributed by atoms with E-state index in [-0.39, 0.29) is 0 Å². The van der Waals surface area contributed by atoms with Crippen LogP contribution in [0.15, 0.2) is 17.5 Å². The van der Waals surface area contributed by atoms with Gasteiger partial charge >= 0.3 is 0 Å². The van der Waals surface area contributed by atoms with Crippen LogP contribution in [-0.4, -0.2) is 26.3 Å². The van der Waals surface area contributed by atoms with Crippen LogP contribution in [0.2, 0.25) is 0 Å². The first-order chi connectivity index (χ1) is 7.79. The van der Waals surface area contributed by atoms with Gasteiger partial charge in [0.05, 0.1) is 0 Å². The summed E-state index contributed by atoms with van der Waals surface area (Å²) in [7, 11) is 0. The highest BCUT2D eigenvalue weighted by atomic mass is 32.1. The predicted molar refractivity (Wildman–Crippen MR) is 71.2 cm³/mol. The van der Waals surface area contributed by atoms with E-state index < -0.39 is 0 Å². The quantitative estimate of drug-likeness (QED) is 0.671. The zero-order valence-electron chi connectivity index (χ0n) is 10.4. The molecular weight excluding hydrogens is 218 g/mol. The molecule has 1 rings (SSSR count). The summed E-state index contributed by atoms with van der Waals surface area (Å²) in [6.45, 7) is 8.26. The smallest absolute Gasteiger partial charge is 0.0489 e. The molecule has 0 fully saturated rings. The van der Waals surface area contributed by atoms with Crippen LogP contribution in [-0.2, 0) is 11.2 Å². The van der Waals surface area contributed by atoms with Crippen LogP contribution in [0, 0.1) is 5.92 Å². The van der Waals surface area contributed by atoms with E-state index in [1.54, 1.807) is 0 Å². The lowest BCUT2D eigenvalue weighted by Crippen LogP contribution is -2.19. The van der Waals surface area contributed by atoms with Crippen molar-refractivity contribution in [1.29, 1.82) is 0 Å². The molecule has 2 nitrogen and oxygen atoms in total. The molecule has 3 heteroatoms. The Hall–Kier alpha value is -0.380. The van der Waals surface area contributed by atoms with Gasteiger partial charge < -0.3 is 10.1 Å². The predicted octanol–water partition coefficient (Wildman–Crippen LogP) is 2.94. The molecule has 0 aromatic carbocycles. The standard InChI is InChI=1S/C13H23NOS/c1-12(2)11-15-9-4-7-14-8-6-13-5-3-10-16-13/h3,5,10,12,14H,4,6-9,11H2,1-2H3. The molecule has 0 unspecified atom stereocenters. The van der Waals surface area contributed by atoms with E-state index in [0.29, 0.717) is 5.92 Å². The number of hydrogen-bond donors (Lipinski definition) is 1. The minimum atomic E-state index is 0.645. The summed E-state index contributed by atoms with van der Waals surface area (Å²) in [6, 6.07) is 4.30. The first-order valence-corrected chi connectivity index (χ1v) is 6.98. The monoisotopic (exact) mass is 241 g/mol. The Bertz CT molecular complexity index is 246. The van der Waals surface area contributed by atoms with Crippen LogP contribution in [0.4, 0.5) is 0 Å². The van der Waals surface area contributed by atoms with Crippen molar-refractivity contribution >= 4 is 11.3 Å². The topological polar surface area (TPSA) is 21.3 Å². The maximum Gasteiger partial charge on any atom is 0.0489 e. The molecule has 1 aromatic rings. The average Bonchev–Trinajstić information content (AvgIpc) is 2.74. The zero-order chi connectivity index (χ0) is 11.6. The van der Waals surface area contributed by atoms with Crippen molar-refractivity contribution in [2.75, 3.05) is 26.3 Å². The molecule has 92 valence electrons. The number of rotatable bonds is 9. The van der Waals surface area contributed by atoms with Gasteiger partial charge in [-0.25, -0.2) is 0 Å². The van der Waals surface area contributed by atoms with Crippen molar-refractivity contribution in [1.82, 2.24) is 5.32 Å². The van der Waals surface area contributed by atoms with E-state index in [4.69, 9.17) is 4.74 Å². The van der Waals surface area contributed by atoms with E-state index in [1.165, 1.54) is 4.88 Å². The van der Waals surface area contributed by atoms with Crippen molar-refractivity contribution in [2.24, 2.45) is 5.92 Å². The molecule has 0 aliphatic heterocycles. The van der Waals surface area contributed by atoms with Gasteiger partial charge in [-0.2, -0.15) is 0 Å². The Kier molecular flexibility index (Phi) is 7.47. The van der Waals surface area contributed by atoms with Crippen LogP contribution in [0.1, 0.15) is 25.1 Å². The van der Waals surface area contributed by atoms with Crippen molar-refractivity contribution in [2.45, 2.75) is 26.7 Å². The molecule has 0 aliphatic carbocycles. The van der Waals surface area contributed by atoms with Gasteiger partial charge in [0.1, 0.15) is 0 Å². The van der Waals surface area contributed by atoms with Gasteiger partial charge in [-0.1, -0.05) is 19.9 Å². The van der Waals surface area contributed by atoms with Gasteiger partial charge in [-0.05, 0) is 43.3 Å². The Morgan fingerprint density at radius 2 is 2.25 bits per heavy atom. The third-order valence-electron chi connectivity index (χ3n) is 2.22. The minimum absolute atomic E-state index is 0.645. The highest BCUT2D eigenvalue weighted by Gasteiger charge is 1.95. The Morgan fingerprint density at radius 3 is 2.94 bits per heavy atom. The van der Waals surface area contributed by atoms with Crippen LogP contribution in [0.3, 0.4) is 0 Å². The number of hydrogen-bond acceptors (Lipinski definition) is 3. The first-order valence-electron chi connectivity index (χ1n) is 6.10. The molecule has 1 heterocycles. The SMILES string of the molecule is CC(C)COCCCNCCc1cccs1. The second-order valence-corrected chi connectivity index (χ2v) is 5.43. The van der Waals surface area contributed by atoms with Gasteiger partial charge in [-0.3, -0.25) is 0 Å². The Labute approximate surface area is 103 Å². The molecule has 0 saturated heterocycles. The van der Waals surface area contributed by atoms with Crippen LogP contribution < -0.4 is 5.32 Å². The van der Waals surface area contributed by atoms with E-state index >= 15 is 0 Å². The molecule has 0 atom stereocenters. The summed E-state index contributed by atoms with van der Waals surface area (Å²) in [6.07, 6.45) is 2.25. The highest BCUT2D eigenvalue weighted by Crippen LogP contribution is 2.07. The summed E-state index contributed by atoms with van der Waals surface area (Å²) in [5.74, 6) is 0.645. The summed E-state index contributed by atoms with van der Waals surface area (Å²) >= 11 is 1.83. The Morgan fingerprint density at radius 1 is 1.38 bits per heavy atom. The van der Waals surface area contributed by atoms with Crippen LogP contribution in [0.25, 0.3) is 0 Å². The summed E-state index contributed by atoms with van der Waals surface area (Å²) in [4.78, 5) is 1.46. The molecular formula is C13H23NOS. The second kappa shape index (κ2) is 8.74. The average molecular weight is 241 g/mol. The molecule has 16 heavy (non-hydrogen) atoms. The van der Waals surface area contributed by atoms with E-state index in [2.05, 4.69) is 36.7 Å². The van der Waals surface area contributed by atoms with E-state index in [1.807, 2.05) is 11.3 Å². The van der Waals surface area contributed by atoms with Crippen LogP contribution in [0.5, 0.6) is 0 Å². The number of nitrogens with one attached hydrogen (secondary N) is 1. The second-order valence-electron chi connectivity index (χ2n) is 4.40. The summed E-state index contributed by atoms with van der Waals surface area (Å²) in [5.41, 5.74) is 0. The normalized spacial score (nSPS) is 11.2. The molecule has 0 saturated carbocycles. The maximum atomic E-state index is 5.51. The fourth-order valence-corrected chi connectivity index (χ4v) is 2.12. The van der Waals surface area contributed by atoms with E-state index in [9.17, 15) is 0 Å². The molecule has 1 N–H and O–H groups in total. The third kappa shape index (κ3) is 6.99. The largest absolute Gasteiger partial charge is 0.381 e. The summed E-state index contributed by atoms with van der Waals surface area (Å²) in [5, 5.41) is 5.57. The van der Waals surface area contributed by atoms with Gasteiger partial charge in [0.25, 0.3) is 0 Å². The lowest BCUT2D eigenvalue weighted by molar-refractivity contribution is 0.108. The van der Waals surface area contributed by atoms with Crippen molar-refractivity contribution in [3.63, 3.8) is 0 Å².